The van der Waals surface area contributed by atoms with Crippen molar-refractivity contribution in [2.45, 2.75) is 40.2 Å². The lowest BCUT2D eigenvalue weighted by atomic mass is 10.2. The van der Waals surface area contributed by atoms with Crippen LogP contribution in [0.3, 0.4) is 0 Å². The van der Waals surface area contributed by atoms with Gasteiger partial charge in [0.25, 0.3) is 0 Å². The van der Waals surface area contributed by atoms with Crippen molar-refractivity contribution in [2.75, 3.05) is 6.54 Å². The first kappa shape index (κ1) is 14.8. The highest BCUT2D eigenvalue weighted by molar-refractivity contribution is 5.36. The summed E-state index contributed by atoms with van der Waals surface area (Å²) in [7, 11) is 0. The maximum atomic E-state index is 4.42. The van der Waals surface area contributed by atoms with Crippen LogP contribution in [0.2, 0.25) is 0 Å². The number of nitrogens with one attached hydrogen (secondary N) is 1. The summed E-state index contributed by atoms with van der Waals surface area (Å²) < 4.78 is 2.18. The summed E-state index contributed by atoms with van der Waals surface area (Å²) in [5, 5.41) is 3.47. The van der Waals surface area contributed by atoms with Crippen molar-refractivity contribution < 1.29 is 0 Å². The highest BCUT2D eigenvalue weighted by atomic mass is 15.1. The molecule has 0 saturated heterocycles. The average molecular weight is 271 g/mol. The summed E-state index contributed by atoms with van der Waals surface area (Å²) in [5.41, 5.74) is 2.52. The van der Waals surface area contributed by atoms with Crippen molar-refractivity contribution in [3.8, 4) is 5.69 Å². The minimum absolute atomic E-state index is 0.692. The second kappa shape index (κ2) is 7.25. The lowest BCUT2D eigenvalue weighted by Crippen LogP contribution is -2.18. The molecule has 20 heavy (non-hydrogen) atoms. The van der Waals surface area contributed by atoms with Crippen molar-refractivity contribution in [2.24, 2.45) is 5.92 Å². The molecule has 0 amide bonds. The molecule has 0 spiro atoms. The predicted molar refractivity (Wildman–Crippen MR) is 84.1 cm³/mol. The fourth-order valence-electron chi connectivity index (χ4n) is 2.26. The Balaban J connectivity index is 2.02. The smallest absolute Gasteiger partial charge is 0.113 e. The molecule has 0 aliphatic rings. The van der Waals surface area contributed by atoms with Crippen LogP contribution in [0, 0.1) is 5.92 Å². The SMILES string of the molecule is CCCc1nccn1-c1ccc(CNCC(C)C)cc1. The van der Waals surface area contributed by atoms with Gasteiger partial charge < -0.3 is 9.88 Å². The van der Waals surface area contributed by atoms with Crippen molar-refractivity contribution in [1.82, 2.24) is 14.9 Å². The van der Waals surface area contributed by atoms with Gasteiger partial charge in [0, 0.05) is 31.0 Å². The van der Waals surface area contributed by atoms with Crippen LogP contribution in [0.4, 0.5) is 0 Å². The summed E-state index contributed by atoms with van der Waals surface area (Å²) in [6, 6.07) is 8.73. The van der Waals surface area contributed by atoms with E-state index in [2.05, 4.69) is 59.9 Å². The Bertz CT molecular complexity index is 511. The molecular weight excluding hydrogens is 246 g/mol. The van der Waals surface area contributed by atoms with E-state index >= 15 is 0 Å². The Morgan fingerprint density at radius 3 is 2.60 bits per heavy atom. The second-order valence-corrected chi connectivity index (χ2v) is 5.65. The van der Waals surface area contributed by atoms with Gasteiger partial charge in [-0.1, -0.05) is 32.9 Å². The van der Waals surface area contributed by atoms with E-state index in [1.807, 2.05) is 12.4 Å². The van der Waals surface area contributed by atoms with E-state index in [4.69, 9.17) is 0 Å². The molecular formula is C17H25N3. The van der Waals surface area contributed by atoms with Gasteiger partial charge in [-0.25, -0.2) is 4.98 Å². The first-order valence-corrected chi connectivity index (χ1v) is 7.53. The van der Waals surface area contributed by atoms with Crippen LogP contribution in [0.1, 0.15) is 38.6 Å². The number of nitrogens with zero attached hydrogens (tertiary/aromatic N) is 2. The number of rotatable bonds is 7. The third-order valence-electron chi connectivity index (χ3n) is 3.29. The van der Waals surface area contributed by atoms with Gasteiger partial charge in [-0.3, -0.25) is 0 Å². The predicted octanol–water partition coefficient (Wildman–Crippen LogP) is 3.57. The third kappa shape index (κ3) is 3.94. The number of hydrogen-bond donors (Lipinski definition) is 1. The molecule has 3 heteroatoms. The highest BCUT2D eigenvalue weighted by Crippen LogP contribution is 2.13. The molecule has 0 fully saturated rings. The maximum absolute atomic E-state index is 4.42. The minimum Gasteiger partial charge on any atom is -0.312 e. The molecule has 1 N–H and O–H groups in total. The van der Waals surface area contributed by atoms with Gasteiger partial charge in [-0.2, -0.15) is 0 Å². The Kier molecular flexibility index (Phi) is 5.36. The van der Waals surface area contributed by atoms with Gasteiger partial charge in [-0.15, -0.1) is 0 Å². The fraction of sp³-hybridized carbons (Fsp3) is 0.471. The van der Waals surface area contributed by atoms with Crippen molar-refractivity contribution >= 4 is 0 Å². The Labute approximate surface area is 122 Å². The average Bonchev–Trinajstić information content (AvgIpc) is 2.88. The molecule has 1 aromatic heterocycles. The number of benzene rings is 1. The molecule has 3 nitrogen and oxygen atoms in total. The van der Waals surface area contributed by atoms with Crippen LogP contribution in [-0.4, -0.2) is 16.1 Å². The van der Waals surface area contributed by atoms with E-state index in [1.165, 1.54) is 11.3 Å². The van der Waals surface area contributed by atoms with Gasteiger partial charge in [0.2, 0.25) is 0 Å². The van der Waals surface area contributed by atoms with E-state index in [0.717, 1.165) is 31.8 Å². The molecule has 1 aromatic carbocycles. The van der Waals surface area contributed by atoms with Crippen LogP contribution < -0.4 is 5.32 Å². The lowest BCUT2D eigenvalue weighted by Gasteiger charge is -2.10. The topological polar surface area (TPSA) is 29.9 Å². The Morgan fingerprint density at radius 2 is 1.95 bits per heavy atom. The van der Waals surface area contributed by atoms with E-state index in [1.54, 1.807) is 0 Å². The molecule has 1 heterocycles. The molecule has 0 bridgehead atoms. The number of hydrogen-bond acceptors (Lipinski definition) is 2. The number of aryl methyl sites for hydroxylation is 1. The van der Waals surface area contributed by atoms with Crippen molar-refractivity contribution in [3.63, 3.8) is 0 Å². The third-order valence-corrected chi connectivity index (χ3v) is 3.29. The maximum Gasteiger partial charge on any atom is 0.113 e. The summed E-state index contributed by atoms with van der Waals surface area (Å²) in [6.45, 7) is 8.63. The summed E-state index contributed by atoms with van der Waals surface area (Å²) in [4.78, 5) is 4.42. The van der Waals surface area contributed by atoms with Crippen molar-refractivity contribution in [1.29, 1.82) is 0 Å². The summed E-state index contributed by atoms with van der Waals surface area (Å²) >= 11 is 0. The molecule has 2 aromatic rings. The molecule has 0 atom stereocenters. The summed E-state index contributed by atoms with van der Waals surface area (Å²) in [5.74, 6) is 1.83. The molecule has 2 rings (SSSR count). The van der Waals surface area contributed by atoms with Gasteiger partial charge in [-0.05, 0) is 36.6 Å². The van der Waals surface area contributed by atoms with Crippen LogP contribution in [0.5, 0.6) is 0 Å². The Hall–Kier alpha value is -1.61. The largest absolute Gasteiger partial charge is 0.312 e. The molecule has 0 aliphatic heterocycles. The lowest BCUT2D eigenvalue weighted by molar-refractivity contribution is 0.552. The van der Waals surface area contributed by atoms with Crippen molar-refractivity contribution in [3.05, 3.63) is 48.0 Å². The standard InChI is InChI=1S/C17H25N3/c1-4-5-17-19-10-11-20(17)16-8-6-15(7-9-16)13-18-12-14(2)3/h6-11,14,18H,4-5,12-13H2,1-3H3. The monoisotopic (exact) mass is 271 g/mol. The van der Waals surface area contributed by atoms with Crippen LogP contribution in [0.15, 0.2) is 36.7 Å². The molecule has 0 aliphatic carbocycles. The summed E-state index contributed by atoms with van der Waals surface area (Å²) in [6.07, 6.45) is 6.05. The van der Waals surface area contributed by atoms with Gasteiger partial charge in [0.15, 0.2) is 0 Å². The van der Waals surface area contributed by atoms with Gasteiger partial charge >= 0.3 is 0 Å². The zero-order chi connectivity index (χ0) is 14.4. The highest BCUT2D eigenvalue weighted by Gasteiger charge is 2.04. The molecule has 0 radical (unpaired) electrons. The normalized spacial score (nSPS) is 11.2. The van der Waals surface area contributed by atoms with E-state index in [0.29, 0.717) is 5.92 Å². The first-order valence-electron chi connectivity index (χ1n) is 7.53. The van der Waals surface area contributed by atoms with E-state index in [-0.39, 0.29) is 0 Å². The Morgan fingerprint density at radius 1 is 1.20 bits per heavy atom. The first-order chi connectivity index (χ1) is 9.70. The van der Waals surface area contributed by atoms with E-state index in [9.17, 15) is 0 Å². The van der Waals surface area contributed by atoms with E-state index < -0.39 is 0 Å². The number of imidazole rings is 1. The van der Waals surface area contributed by atoms with Crippen LogP contribution >= 0.6 is 0 Å². The minimum atomic E-state index is 0.692. The zero-order valence-electron chi connectivity index (χ0n) is 12.8. The quantitative estimate of drug-likeness (QED) is 0.834. The number of aromatic nitrogens is 2. The molecule has 108 valence electrons. The van der Waals surface area contributed by atoms with Crippen LogP contribution in [0.25, 0.3) is 5.69 Å². The van der Waals surface area contributed by atoms with Crippen LogP contribution in [-0.2, 0) is 13.0 Å². The van der Waals surface area contributed by atoms with Gasteiger partial charge in [0.05, 0.1) is 0 Å². The van der Waals surface area contributed by atoms with Gasteiger partial charge in [0.1, 0.15) is 5.82 Å². The molecule has 0 saturated carbocycles. The fourth-order valence-corrected chi connectivity index (χ4v) is 2.26. The zero-order valence-corrected chi connectivity index (χ0v) is 12.8. The second-order valence-electron chi connectivity index (χ2n) is 5.65. The molecule has 0 unspecified atom stereocenters.